The van der Waals surface area contributed by atoms with E-state index in [9.17, 15) is 9.59 Å². The van der Waals surface area contributed by atoms with E-state index in [1.807, 2.05) is 12.1 Å². The van der Waals surface area contributed by atoms with Crippen molar-refractivity contribution >= 4 is 11.8 Å². The van der Waals surface area contributed by atoms with E-state index in [-0.39, 0.29) is 23.7 Å². The van der Waals surface area contributed by atoms with Crippen molar-refractivity contribution in [3.63, 3.8) is 0 Å². The standard InChI is InChI=1S/C14H18N2O2/c1-2-3-4-11-9-12(17)16-14(18)13(11)10-5-7-15-8-6-10/h5-8,11,13H,2-4,9H2,1H3,(H,16,17,18)/t11?,13-/m0/s1. The van der Waals surface area contributed by atoms with Gasteiger partial charge in [0.1, 0.15) is 0 Å². The summed E-state index contributed by atoms with van der Waals surface area (Å²) >= 11 is 0. The lowest BCUT2D eigenvalue weighted by molar-refractivity contribution is -0.136. The molecule has 2 amide bonds. The summed E-state index contributed by atoms with van der Waals surface area (Å²) in [4.78, 5) is 27.5. The Morgan fingerprint density at radius 3 is 2.72 bits per heavy atom. The number of imide groups is 1. The van der Waals surface area contributed by atoms with E-state index >= 15 is 0 Å². The second-order valence-corrected chi connectivity index (χ2v) is 4.78. The minimum absolute atomic E-state index is 0.119. The number of nitrogens with zero attached hydrogens (tertiary/aromatic N) is 1. The average Bonchev–Trinajstić information content (AvgIpc) is 2.36. The number of carbonyl (C=O) groups excluding carboxylic acids is 2. The normalized spacial score (nSPS) is 23.8. The van der Waals surface area contributed by atoms with E-state index < -0.39 is 0 Å². The molecule has 0 aromatic carbocycles. The first-order valence-electron chi connectivity index (χ1n) is 6.46. The van der Waals surface area contributed by atoms with Crippen molar-refractivity contribution in [1.29, 1.82) is 0 Å². The van der Waals surface area contributed by atoms with Crippen LogP contribution in [0, 0.1) is 5.92 Å². The number of rotatable bonds is 4. The predicted molar refractivity (Wildman–Crippen MR) is 67.8 cm³/mol. The predicted octanol–water partition coefficient (Wildman–Crippen LogP) is 2.02. The van der Waals surface area contributed by atoms with Gasteiger partial charge >= 0.3 is 0 Å². The van der Waals surface area contributed by atoms with E-state index in [1.54, 1.807) is 12.4 Å². The van der Waals surface area contributed by atoms with Gasteiger partial charge in [0.15, 0.2) is 0 Å². The van der Waals surface area contributed by atoms with Crippen LogP contribution in [0.1, 0.15) is 44.1 Å². The van der Waals surface area contributed by atoms with E-state index in [4.69, 9.17) is 0 Å². The molecule has 1 fully saturated rings. The van der Waals surface area contributed by atoms with Crippen molar-refractivity contribution in [1.82, 2.24) is 10.3 Å². The largest absolute Gasteiger partial charge is 0.296 e. The molecule has 0 radical (unpaired) electrons. The summed E-state index contributed by atoms with van der Waals surface area (Å²) in [5.74, 6) is -0.407. The Hall–Kier alpha value is -1.71. The minimum atomic E-state index is -0.211. The number of pyridine rings is 1. The van der Waals surface area contributed by atoms with Crippen LogP contribution in [0.4, 0.5) is 0 Å². The second kappa shape index (κ2) is 5.76. The van der Waals surface area contributed by atoms with Crippen LogP contribution < -0.4 is 5.32 Å². The Morgan fingerprint density at radius 2 is 2.06 bits per heavy atom. The summed E-state index contributed by atoms with van der Waals surface area (Å²) in [6, 6.07) is 3.72. The molecule has 1 aliphatic heterocycles. The van der Waals surface area contributed by atoms with Crippen molar-refractivity contribution < 1.29 is 9.59 Å². The molecule has 2 heterocycles. The van der Waals surface area contributed by atoms with Crippen molar-refractivity contribution in [2.45, 2.75) is 38.5 Å². The van der Waals surface area contributed by atoms with Gasteiger partial charge in [-0.05, 0) is 30.0 Å². The van der Waals surface area contributed by atoms with Gasteiger partial charge in [-0.3, -0.25) is 19.9 Å². The maximum atomic E-state index is 12.0. The summed E-state index contributed by atoms with van der Waals surface area (Å²) in [7, 11) is 0. The third-order valence-electron chi connectivity index (χ3n) is 3.46. The number of nitrogens with one attached hydrogen (secondary N) is 1. The fraction of sp³-hybridized carbons (Fsp3) is 0.500. The quantitative estimate of drug-likeness (QED) is 0.827. The molecule has 1 saturated heterocycles. The Morgan fingerprint density at radius 1 is 1.33 bits per heavy atom. The van der Waals surface area contributed by atoms with Crippen LogP contribution in [0.5, 0.6) is 0 Å². The Balaban J connectivity index is 2.22. The Bertz CT molecular complexity index is 431. The third kappa shape index (κ3) is 2.75. The molecule has 18 heavy (non-hydrogen) atoms. The molecule has 1 aromatic heterocycles. The Labute approximate surface area is 107 Å². The van der Waals surface area contributed by atoms with Crippen molar-refractivity contribution in [2.24, 2.45) is 5.92 Å². The highest BCUT2D eigenvalue weighted by molar-refractivity contribution is 6.01. The fourth-order valence-corrected chi connectivity index (χ4v) is 2.57. The topological polar surface area (TPSA) is 59.1 Å². The molecule has 1 unspecified atom stereocenters. The minimum Gasteiger partial charge on any atom is -0.296 e. The zero-order valence-corrected chi connectivity index (χ0v) is 10.6. The molecule has 2 atom stereocenters. The number of hydrogen-bond donors (Lipinski definition) is 1. The highest BCUT2D eigenvalue weighted by Gasteiger charge is 2.36. The van der Waals surface area contributed by atoms with Gasteiger partial charge in [0.2, 0.25) is 11.8 Å². The Kier molecular flexibility index (Phi) is 4.07. The monoisotopic (exact) mass is 246 g/mol. The molecule has 4 nitrogen and oxygen atoms in total. The summed E-state index contributed by atoms with van der Waals surface area (Å²) in [5.41, 5.74) is 0.955. The lowest BCUT2D eigenvalue weighted by atomic mass is 9.78. The second-order valence-electron chi connectivity index (χ2n) is 4.78. The number of piperidine rings is 1. The van der Waals surface area contributed by atoms with Crippen molar-refractivity contribution in [3.8, 4) is 0 Å². The summed E-state index contributed by atoms with van der Waals surface area (Å²) in [5, 5.41) is 2.44. The number of aromatic nitrogens is 1. The summed E-state index contributed by atoms with van der Waals surface area (Å²) < 4.78 is 0. The zero-order chi connectivity index (χ0) is 13.0. The smallest absolute Gasteiger partial charge is 0.234 e. The van der Waals surface area contributed by atoms with Crippen molar-refractivity contribution in [3.05, 3.63) is 30.1 Å². The van der Waals surface area contributed by atoms with Gasteiger partial charge in [0.25, 0.3) is 0 Å². The molecule has 4 heteroatoms. The van der Waals surface area contributed by atoms with E-state index in [0.717, 1.165) is 24.8 Å². The number of unbranched alkanes of at least 4 members (excludes halogenated alkanes) is 1. The highest BCUT2D eigenvalue weighted by Crippen LogP contribution is 2.33. The molecular formula is C14H18N2O2. The molecule has 0 spiro atoms. The van der Waals surface area contributed by atoms with Gasteiger partial charge in [0, 0.05) is 18.8 Å². The molecule has 1 N–H and O–H groups in total. The molecular weight excluding hydrogens is 228 g/mol. The SMILES string of the molecule is CCCCC1CC(=O)NC(=O)[C@H]1c1ccncc1. The lowest BCUT2D eigenvalue weighted by Crippen LogP contribution is -2.44. The first-order valence-corrected chi connectivity index (χ1v) is 6.46. The number of hydrogen-bond acceptors (Lipinski definition) is 3. The van der Waals surface area contributed by atoms with Crippen LogP contribution in [0.3, 0.4) is 0 Å². The summed E-state index contributed by atoms with van der Waals surface area (Å²) in [6.07, 6.45) is 6.87. The molecule has 0 aliphatic carbocycles. The third-order valence-corrected chi connectivity index (χ3v) is 3.46. The van der Waals surface area contributed by atoms with Crippen LogP contribution in [-0.4, -0.2) is 16.8 Å². The molecule has 0 bridgehead atoms. The maximum absolute atomic E-state index is 12.0. The number of carbonyl (C=O) groups is 2. The first-order chi connectivity index (χ1) is 8.72. The molecule has 2 rings (SSSR count). The molecule has 1 aliphatic rings. The van der Waals surface area contributed by atoms with Gasteiger partial charge in [-0.15, -0.1) is 0 Å². The van der Waals surface area contributed by atoms with Crippen LogP contribution in [0.2, 0.25) is 0 Å². The lowest BCUT2D eigenvalue weighted by Gasteiger charge is -2.30. The maximum Gasteiger partial charge on any atom is 0.234 e. The van der Waals surface area contributed by atoms with Gasteiger partial charge in [-0.25, -0.2) is 0 Å². The highest BCUT2D eigenvalue weighted by atomic mass is 16.2. The summed E-state index contributed by atoms with van der Waals surface area (Å²) in [6.45, 7) is 2.12. The molecule has 96 valence electrons. The van der Waals surface area contributed by atoms with E-state index in [1.165, 1.54) is 0 Å². The van der Waals surface area contributed by atoms with Gasteiger partial charge in [-0.2, -0.15) is 0 Å². The van der Waals surface area contributed by atoms with Crippen LogP contribution in [0.15, 0.2) is 24.5 Å². The van der Waals surface area contributed by atoms with E-state index in [2.05, 4.69) is 17.2 Å². The molecule has 1 aromatic rings. The van der Waals surface area contributed by atoms with E-state index in [0.29, 0.717) is 6.42 Å². The van der Waals surface area contributed by atoms with Crippen LogP contribution >= 0.6 is 0 Å². The zero-order valence-electron chi connectivity index (χ0n) is 10.6. The van der Waals surface area contributed by atoms with Gasteiger partial charge in [-0.1, -0.05) is 19.8 Å². The fourth-order valence-electron chi connectivity index (χ4n) is 2.57. The van der Waals surface area contributed by atoms with Crippen LogP contribution in [0.25, 0.3) is 0 Å². The average molecular weight is 246 g/mol. The van der Waals surface area contributed by atoms with Crippen molar-refractivity contribution in [2.75, 3.05) is 0 Å². The molecule has 0 saturated carbocycles. The first kappa shape index (κ1) is 12.7. The van der Waals surface area contributed by atoms with Crippen LogP contribution in [-0.2, 0) is 9.59 Å². The van der Waals surface area contributed by atoms with Gasteiger partial charge < -0.3 is 0 Å². The number of amides is 2. The van der Waals surface area contributed by atoms with Gasteiger partial charge in [0.05, 0.1) is 5.92 Å².